The molecule has 0 bridgehead atoms. The molecule has 4 aromatic carbocycles. The van der Waals surface area contributed by atoms with Gasteiger partial charge in [-0.25, -0.2) is 14.2 Å². The summed E-state index contributed by atoms with van der Waals surface area (Å²) < 4.78 is 20.1. The summed E-state index contributed by atoms with van der Waals surface area (Å²) in [5, 5.41) is 19.5. The fraction of sp³-hybridized carbons (Fsp3) is 0.0357. The van der Waals surface area contributed by atoms with E-state index >= 15 is 0 Å². The van der Waals surface area contributed by atoms with Crippen molar-refractivity contribution in [3.8, 4) is 17.1 Å². The van der Waals surface area contributed by atoms with Gasteiger partial charge in [0.1, 0.15) is 23.1 Å². The normalized spacial score (nSPS) is 11.6. The van der Waals surface area contributed by atoms with Gasteiger partial charge in [0, 0.05) is 21.7 Å². The number of benzene rings is 4. The Morgan fingerprint density at radius 2 is 1.78 bits per heavy atom. The second-order valence-electron chi connectivity index (χ2n) is 7.97. The van der Waals surface area contributed by atoms with Crippen molar-refractivity contribution in [2.24, 2.45) is 0 Å². The van der Waals surface area contributed by atoms with Crippen molar-refractivity contribution in [2.75, 3.05) is 0 Å². The van der Waals surface area contributed by atoms with E-state index in [4.69, 9.17) is 16.3 Å². The SMILES string of the molecule is O=C(O)/C(=C/c1c(OCc2ccccc2F)ccc2ccccc12)Sc1n[nH]c(-c2ccc(Cl)cc2)n1. The molecule has 0 unspecified atom stereocenters. The van der Waals surface area contributed by atoms with Crippen molar-refractivity contribution in [2.45, 2.75) is 11.8 Å². The van der Waals surface area contributed by atoms with Gasteiger partial charge in [-0.15, -0.1) is 5.10 Å². The number of hydrogen-bond donors (Lipinski definition) is 2. The number of aromatic nitrogens is 3. The lowest BCUT2D eigenvalue weighted by atomic mass is 10.0. The first-order chi connectivity index (χ1) is 18.0. The van der Waals surface area contributed by atoms with Crippen LogP contribution in [0.15, 0.2) is 95.0 Å². The number of halogens is 2. The predicted molar refractivity (Wildman–Crippen MR) is 143 cm³/mol. The molecule has 0 fully saturated rings. The number of carboxylic acid groups (broad SMARTS) is 1. The maximum atomic E-state index is 14.2. The Labute approximate surface area is 220 Å². The molecule has 2 N–H and O–H groups in total. The van der Waals surface area contributed by atoms with Gasteiger partial charge in [0.2, 0.25) is 5.16 Å². The Hall–Kier alpha value is -4.14. The molecule has 37 heavy (non-hydrogen) atoms. The molecule has 9 heteroatoms. The number of carbonyl (C=O) groups is 1. The van der Waals surface area contributed by atoms with Crippen LogP contribution in [0, 0.1) is 5.82 Å². The Kier molecular flexibility index (Phi) is 7.20. The zero-order valence-corrected chi connectivity index (χ0v) is 20.8. The molecule has 0 aliphatic rings. The number of aliphatic carboxylic acids is 1. The quantitative estimate of drug-likeness (QED) is 0.162. The fourth-order valence-electron chi connectivity index (χ4n) is 3.71. The van der Waals surface area contributed by atoms with Gasteiger partial charge in [-0.1, -0.05) is 60.1 Å². The summed E-state index contributed by atoms with van der Waals surface area (Å²) in [6.45, 7) is -0.00717. The first-order valence-corrected chi connectivity index (χ1v) is 12.4. The molecule has 0 spiro atoms. The topological polar surface area (TPSA) is 88.1 Å². The lowest BCUT2D eigenvalue weighted by molar-refractivity contribution is -0.131. The van der Waals surface area contributed by atoms with Gasteiger partial charge in [-0.2, -0.15) is 0 Å². The van der Waals surface area contributed by atoms with Gasteiger partial charge in [0.25, 0.3) is 0 Å². The van der Waals surface area contributed by atoms with Crippen LogP contribution in [0.4, 0.5) is 4.39 Å². The monoisotopic (exact) mass is 531 g/mol. The van der Waals surface area contributed by atoms with Crippen LogP contribution in [0.2, 0.25) is 5.02 Å². The molecule has 6 nitrogen and oxygen atoms in total. The third-order valence-electron chi connectivity index (χ3n) is 5.54. The summed E-state index contributed by atoms with van der Waals surface area (Å²) in [6, 6.07) is 24.6. The van der Waals surface area contributed by atoms with Gasteiger partial charge < -0.3 is 9.84 Å². The van der Waals surface area contributed by atoms with Crippen LogP contribution in [0.1, 0.15) is 11.1 Å². The summed E-state index contributed by atoms with van der Waals surface area (Å²) in [5.74, 6) is -0.597. The van der Waals surface area contributed by atoms with Crippen molar-refractivity contribution in [1.29, 1.82) is 0 Å². The molecule has 0 radical (unpaired) electrons. The minimum Gasteiger partial charge on any atom is -0.488 e. The van der Waals surface area contributed by atoms with E-state index < -0.39 is 5.97 Å². The summed E-state index contributed by atoms with van der Waals surface area (Å²) in [6.07, 6.45) is 1.53. The highest BCUT2D eigenvalue weighted by molar-refractivity contribution is 8.04. The van der Waals surface area contributed by atoms with Crippen molar-refractivity contribution in [3.05, 3.63) is 112 Å². The second kappa shape index (κ2) is 10.9. The van der Waals surface area contributed by atoms with E-state index in [9.17, 15) is 14.3 Å². The van der Waals surface area contributed by atoms with Crippen LogP contribution >= 0.6 is 23.4 Å². The molecule has 5 rings (SSSR count). The lowest BCUT2D eigenvalue weighted by Gasteiger charge is -2.13. The van der Waals surface area contributed by atoms with E-state index in [0.29, 0.717) is 27.7 Å². The van der Waals surface area contributed by atoms with E-state index in [0.717, 1.165) is 28.1 Å². The number of aromatic amines is 1. The molecule has 184 valence electrons. The lowest BCUT2D eigenvalue weighted by Crippen LogP contribution is -2.01. The molecule has 1 heterocycles. The largest absolute Gasteiger partial charge is 0.488 e. The van der Waals surface area contributed by atoms with E-state index in [1.54, 1.807) is 48.5 Å². The zero-order valence-electron chi connectivity index (χ0n) is 19.2. The number of fused-ring (bicyclic) bond motifs is 1. The first-order valence-electron chi connectivity index (χ1n) is 11.2. The smallest absolute Gasteiger partial charge is 0.342 e. The number of thioether (sulfide) groups is 1. The fourth-order valence-corrected chi connectivity index (χ4v) is 4.53. The molecule has 5 aromatic rings. The minimum absolute atomic E-state index is 0.00579. The van der Waals surface area contributed by atoms with Crippen molar-refractivity contribution in [3.63, 3.8) is 0 Å². The molecule has 0 atom stereocenters. The molecule has 0 aliphatic heterocycles. The average molecular weight is 532 g/mol. The number of rotatable bonds is 8. The Morgan fingerprint density at radius 1 is 1.03 bits per heavy atom. The molecular formula is C28H19ClFN3O3S. The summed E-state index contributed by atoms with van der Waals surface area (Å²) >= 11 is 6.86. The summed E-state index contributed by atoms with van der Waals surface area (Å²) in [4.78, 5) is 16.6. The van der Waals surface area contributed by atoms with Gasteiger partial charge in [-0.3, -0.25) is 5.10 Å². The van der Waals surface area contributed by atoms with E-state index in [2.05, 4.69) is 15.2 Å². The molecule has 0 saturated heterocycles. The summed E-state index contributed by atoms with van der Waals surface area (Å²) in [5.41, 5.74) is 1.73. The van der Waals surface area contributed by atoms with Gasteiger partial charge in [0.05, 0.1) is 0 Å². The van der Waals surface area contributed by atoms with Crippen LogP contribution < -0.4 is 4.74 Å². The van der Waals surface area contributed by atoms with Crippen molar-refractivity contribution in [1.82, 2.24) is 15.2 Å². The highest BCUT2D eigenvalue weighted by Crippen LogP contribution is 2.35. The first kappa shape index (κ1) is 24.5. The highest BCUT2D eigenvalue weighted by atomic mass is 35.5. The number of nitrogens with one attached hydrogen (secondary N) is 1. The standard InChI is InChI=1S/C28H19ClFN3O3S/c29-20-12-9-18(10-13-20)26-31-28(33-32-26)37-25(27(34)35)15-22-21-7-3-1-5-17(21)11-14-24(22)36-16-19-6-2-4-8-23(19)30/h1-15H,16H2,(H,34,35)(H,31,32,33)/b25-15-. The Morgan fingerprint density at radius 3 is 2.57 bits per heavy atom. The molecular weight excluding hydrogens is 513 g/mol. The number of H-pyrrole nitrogens is 1. The van der Waals surface area contributed by atoms with Crippen LogP contribution in [0.5, 0.6) is 5.75 Å². The van der Waals surface area contributed by atoms with Crippen LogP contribution in [0.3, 0.4) is 0 Å². The molecule has 0 aliphatic carbocycles. The van der Waals surface area contributed by atoms with Crippen molar-refractivity contribution < 1.29 is 19.0 Å². The maximum absolute atomic E-state index is 14.2. The molecule has 1 aromatic heterocycles. The second-order valence-corrected chi connectivity index (χ2v) is 9.41. The highest BCUT2D eigenvalue weighted by Gasteiger charge is 2.17. The average Bonchev–Trinajstić information content (AvgIpc) is 3.37. The van der Waals surface area contributed by atoms with Crippen LogP contribution in [0.25, 0.3) is 28.2 Å². The predicted octanol–water partition coefficient (Wildman–Crippen LogP) is 7.21. The molecule has 0 amide bonds. The number of nitrogens with zero attached hydrogens (tertiary/aromatic N) is 2. The van der Waals surface area contributed by atoms with Gasteiger partial charge in [0.15, 0.2) is 5.82 Å². The third-order valence-corrected chi connectivity index (χ3v) is 6.67. The zero-order chi connectivity index (χ0) is 25.8. The Balaban J connectivity index is 1.49. The van der Waals surface area contributed by atoms with Crippen molar-refractivity contribution >= 4 is 46.2 Å². The van der Waals surface area contributed by atoms with Gasteiger partial charge >= 0.3 is 5.97 Å². The third kappa shape index (κ3) is 5.66. The van der Waals surface area contributed by atoms with E-state index in [-0.39, 0.29) is 22.5 Å². The Bertz CT molecular complexity index is 1620. The van der Waals surface area contributed by atoms with E-state index in [1.807, 2.05) is 30.3 Å². The summed E-state index contributed by atoms with van der Waals surface area (Å²) in [7, 11) is 0. The molecule has 0 saturated carbocycles. The van der Waals surface area contributed by atoms with Gasteiger partial charge in [-0.05, 0) is 65.0 Å². The number of hydrogen-bond acceptors (Lipinski definition) is 5. The van der Waals surface area contributed by atoms with Crippen LogP contribution in [-0.2, 0) is 11.4 Å². The maximum Gasteiger partial charge on any atom is 0.342 e. The van der Waals surface area contributed by atoms with Crippen LogP contribution in [-0.4, -0.2) is 26.3 Å². The minimum atomic E-state index is -1.14. The number of carboxylic acids is 1. The van der Waals surface area contributed by atoms with E-state index in [1.165, 1.54) is 12.1 Å². The number of ether oxygens (including phenoxy) is 1.